The minimum absolute atomic E-state index is 0.0164. The average molecular weight is 529 g/mol. The van der Waals surface area contributed by atoms with Crippen LogP contribution in [0.2, 0.25) is 0 Å². The maximum absolute atomic E-state index is 12.6. The molecule has 5 atom stereocenters. The van der Waals surface area contributed by atoms with Crippen LogP contribution in [-0.4, -0.2) is 42.0 Å². The Morgan fingerprint density at radius 3 is 2.53 bits per heavy atom. The molecular formula is C32H48O6. The van der Waals surface area contributed by atoms with Gasteiger partial charge in [0, 0.05) is 31.8 Å². The number of carbonyl (C=O) groups is 2. The molecule has 0 aromatic heterocycles. The third kappa shape index (κ3) is 11.0. The second-order valence-electron chi connectivity index (χ2n) is 10.9. The Kier molecular flexibility index (Phi) is 14.1. The second kappa shape index (κ2) is 17.5. The van der Waals surface area contributed by atoms with Crippen molar-refractivity contribution in [3.63, 3.8) is 0 Å². The fourth-order valence-electron chi connectivity index (χ4n) is 5.72. The second-order valence-corrected chi connectivity index (χ2v) is 10.9. The van der Waals surface area contributed by atoms with Gasteiger partial charge in [0.1, 0.15) is 0 Å². The summed E-state index contributed by atoms with van der Waals surface area (Å²) in [5.41, 5.74) is 1.14. The molecule has 1 aromatic rings. The topological polar surface area (TPSA) is 82.1 Å². The van der Waals surface area contributed by atoms with Gasteiger partial charge in [-0.15, -0.1) is 0 Å². The molecule has 2 aliphatic rings. The molecular weight excluding hydrogens is 480 g/mol. The average Bonchev–Trinajstić information content (AvgIpc) is 3.25. The monoisotopic (exact) mass is 528 g/mol. The van der Waals surface area contributed by atoms with Crippen molar-refractivity contribution in [2.75, 3.05) is 6.61 Å². The van der Waals surface area contributed by atoms with Crippen molar-refractivity contribution >= 4 is 11.8 Å². The molecule has 0 spiro atoms. The molecule has 1 aromatic carbocycles. The molecule has 1 N–H and O–H groups in total. The van der Waals surface area contributed by atoms with Crippen molar-refractivity contribution in [3.8, 4) is 0 Å². The predicted octanol–water partition coefficient (Wildman–Crippen LogP) is 7.25. The minimum Gasteiger partial charge on any atom is -0.481 e. The van der Waals surface area contributed by atoms with Gasteiger partial charge in [-0.3, -0.25) is 9.59 Å². The van der Waals surface area contributed by atoms with E-state index in [2.05, 4.69) is 25.1 Å². The number of carbonyl (C=O) groups excluding carboxylic acids is 1. The molecule has 38 heavy (non-hydrogen) atoms. The first-order valence-corrected chi connectivity index (χ1v) is 14.9. The number of ketones is 1. The highest BCUT2D eigenvalue weighted by Crippen LogP contribution is 2.42. The van der Waals surface area contributed by atoms with Crippen LogP contribution in [0.5, 0.6) is 0 Å². The zero-order valence-corrected chi connectivity index (χ0v) is 23.2. The Labute approximate surface area is 229 Å². The van der Waals surface area contributed by atoms with E-state index in [0.717, 1.165) is 82.8 Å². The number of unbranched alkanes of at least 4 members (excludes halogenated alkanes) is 5. The van der Waals surface area contributed by atoms with Gasteiger partial charge in [0.25, 0.3) is 0 Å². The number of hydrogen-bond donors (Lipinski definition) is 1. The van der Waals surface area contributed by atoms with Gasteiger partial charge in [0.2, 0.25) is 0 Å². The molecule has 0 radical (unpaired) electrons. The lowest BCUT2D eigenvalue weighted by Gasteiger charge is -2.30. The number of carboxylic acid groups (broad SMARTS) is 1. The van der Waals surface area contributed by atoms with E-state index in [4.69, 9.17) is 19.3 Å². The SMILES string of the molecule is CCCCCC(=O)/C=C/[C@@H]1[C@@H](CCCCCCC(=O)O)[C@@H](OC2CCCCO2)C[C@H]1OCc1ccccc1. The van der Waals surface area contributed by atoms with Crippen molar-refractivity contribution in [2.45, 2.75) is 122 Å². The highest BCUT2D eigenvalue weighted by atomic mass is 16.7. The van der Waals surface area contributed by atoms with Crippen molar-refractivity contribution in [3.05, 3.63) is 48.0 Å². The van der Waals surface area contributed by atoms with Crippen LogP contribution in [0.25, 0.3) is 0 Å². The van der Waals surface area contributed by atoms with Gasteiger partial charge in [-0.2, -0.15) is 0 Å². The van der Waals surface area contributed by atoms with Crippen LogP contribution in [0.1, 0.15) is 102 Å². The lowest BCUT2D eigenvalue weighted by Crippen LogP contribution is -2.31. The molecule has 1 saturated carbocycles. The van der Waals surface area contributed by atoms with E-state index in [0.29, 0.717) is 19.4 Å². The summed E-state index contributed by atoms with van der Waals surface area (Å²) >= 11 is 0. The van der Waals surface area contributed by atoms with Gasteiger partial charge >= 0.3 is 5.97 Å². The number of benzene rings is 1. The lowest BCUT2D eigenvalue weighted by atomic mass is 9.87. The number of rotatable bonds is 18. The van der Waals surface area contributed by atoms with Crippen LogP contribution in [0.4, 0.5) is 0 Å². The van der Waals surface area contributed by atoms with E-state index >= 15 is 0 Å². The summed E-state index contributed by atoms with van der Waals surface area (Å²) in [7, 11) is 0. The molecule has 3 rings (SSSR count). The number of ether oxygens (including phenoxy) is 3. The Morgan fingerprint density at radius 2 is 1.79 bits per heavy atom. The van der Waals surface area contributed by atoms with E-state index in [1.807, 2.05) is 18.2 Å². The first-order valence-electron chi connectivity index (χ1n) is 14.9. The summed E-state index contributed by atoms with van der Waals surface area (Å²) in [5, 5.41) is 8.92. The van der Waals surface area contributed by atoms with Crippen LogP contribution in [0, 0.1) is 11.8 Å². The predicted molar refractivity (Wildman–Crippen MR) is 149 cm³/mol. The van der Waals surface area contributed by atoms with Crippen LogP contribution in [-0.2, 0) is 30.4 Å². The number of allylic oxidation sites excluding steroid dienone is 1. The third-order valence-electron chi connectivity index (χ3n) is 7.85. The van der Waals surface area contributed by atoms with E-state index in [9.17, 15) is 9.59 Å². The summed E-state index contributed by atoms with van der Waals surface area (Å²) in [5.74, 6) is -0.205. The Balaban J connectivity index is 1.69. The van der Waals surface area contributed by atoms with E-state index in [-0.39, 0.29) is 42.5 Å². The zero-order chi connectivity index (χ0) is 27.0. The van der Waals surface area contributed by atoms with Gasteiger partial charge < -0.3 is 19.3 Å². The smallest absolute Gasteiger partial charge is 0.303 e. The van der Waals surface area contributed by atoms with Crippen LogP contribution < -0.4 is 0 Å². The highest BCUT2D eigenvalue weighted by Gasteiger charge is 2.44. The summed E-state index contributed by atoms with van der Waals surface area (Å²) in [6.45, 7) is 3.43. The van der Waals surface area contributed by atoms with Crippen molar-refractivity contribution in [1.82, 2.24) is 0 Å². The maximum atomic E-state index is 12.6. The summed E-state index contributed by atoms with van der Waals surface area (Å²) < 4.78 is 19.0. The van der Waals surface area contributed by atoms with Crippen LogP contribution in [0.3, 0.4) is 0 Å². The van der Waals surface area contributed by atoms with Crippen LogP contribution in [0.15, 0.2) is 42.5 Å². The molecule has 1 unspecified atom stereocenters. The molecule has 0 bridgehead atoms. The molecule has 1 aliphatic carbocycles. The molecule has 1 aliphatic heterocycles. The largest absolute Gasteiger partial charge is 0.481 e. The normalized spacial score (nSPS) is 25.7. The number of carboxylic acids is 1. The van der Waals surface area contributed by atoms with Crippen molar-refractivity contribution in [2.24, 2.45) is 11.8 Å². The molecule has 0 amide bonds. The van der Waals surface area contributed by atoms with Crippen molar-refractivity contribution in [1.29, 1.82) is 0 Å². The number of aliphatic carboxylic acids is 1. The summed E-state index contributed by atoms with van der Waals surface area (Å²) in [6.07, 6.45) is 16.2. The molecule has 1 saturated heterocycles. The number of hydrogen-bond acceptors (Lipinski definition) is 5. The van der Waals surface area contributed by atoms with Crippen LogP contribution >= 0.6 is 0 Å². The first-order chi connectivity index (χ1) is 18.6. The standard InChI is InChI=1S/C32H48O6/c1-2-3-7-16-26(33)20-21-28-27(17-10-4-5-11-18-31(34)35)30(38-32-19-12-13-22-36-32)23-29(28)37-24-25-14-8-6-9-15-25/h6,8-9,14-15,20-21,27-30,32H,2-5,7,10-13,16-19,22-24H2,1H3,(H,34,35)/b21-20+/t27-,28-,29-,30+,32?/m1/s1. The van der Waals surface area contributed by atoms with Crippen molar-refractivity contribution < 1.29 is 28.9 Å². The lowest BCUT2D eigenvalue weighted by molar-refractivity contribution is -0.196. The van der Waals surface area contributed by atoms with Gasteiger partial charge in [0.05, 0.1) is 18.8 Å². The summed E-state index contributed by atoms with van der Waals surface area (Å²) in [6, 6.07) is 10.2. The highest BCUT2D eigenvalue weighted by molar-refractivity contribution is 5.89. The van der Waals surface area contributed by atoms with E-state index in [1.165, 1.54) is 0 Å². The fraction of sp³-hybridized carbons (Fsp3) is 0.688. The van der Waals surface area contributed by atoms with Gasteiger partial charge in [-0.25, -0.2) is 0 Å². The molecule has 6 heteroatoms. The molecule has 6 nitrogen and oxygen atoms in total. The van der Waals surface area contributed by atoms with E-state index in [1.54, 1.807) is 6.08 Å². The maximum Gasteiger partial charge on any atom is 0.303 e. The quantitative estimate of drug-likeness (QED) is 0.160. The summed E-state index contributed by atoms with van der Waals surface area (Å²) in [4.78, 5) is 23.5. The third-order valence-corrected chi connectivity index (χ3v) is 7.85. The Bertz CT molecular complexity index is 832. The zero-order valence-electron chi connectivity index (χ0n) is 23.2. The van der Waals surface area contributed by atoms with Gasteiger partial charge in [-0.05, 0) is 56.1 Å². The fourth-order valence-corrected chi connectivity index (χ4v) is 5.72. The Morgan fingerprint density at radius 1 is 1.00 bits per heavy atom. The van der Waals surface area contributed by atoms with Gasteiger partial charge in [0.15, 0.2) is 12.1 Å². The van der Waals surface area contributed by atoms with Gasteiger partial charge in [-0.1, -0.05) is 75.4 Å². The molecule has 212 valence electrons. The van der Waals surface area contributed by atoms with E-state index < -0.39 is 5.97 Å². The minimum atomic E-state index is -0.728. The first kappa shape index (κ1) is 30.5. The molecule has 2 fully saturated rings. The Hall–Kier alpha value is -2.02. The molecule has 1 heterocycles.